The van der Waals surface area contributed by atoms with Gasteiger partial charge in [-0.05, 0) is 28.8 Å². The molecule has 0 aliphatic carbocycles. The van der Waals surface area contributed by atoms with Crippen molar-refractivity contribution in [2.75, 3.05) is 24.2 Å². The molecule has 1 aliphatic rings. The highest BCUT2D eigenvalue weighted by molar-refractivity contribution is 9.10. The Morgan fingerprint density at radius 1 is 1.65 bits per heavy atom. The standard InChI is InChI=1S/C11H17BrN4O/c1-2-9-7(3-4-17-9)5-14-10-8(12)6-15-11(13)16-10/h6-7,9H,2-5H2,1H3,(H3,13,14,15,16). The number of rotatable bonds is 4. The third kappa shape index (κ3) is 3.07. The lowest BCUT2D eigenvalue weighted by molar-refractivity contribution is 0.0900. The molecule has 94 valence electrons. The zero-order chi connectivity index (χ0) is 12.3. The molecule has 5 nitrogen and oxygen atoms in total. The number of hydrogen-bond acceptors (Lipinski definition) is 5. The largest absolute Gasteiger partial charge is 0.378 e. The number of hydrogen-bond donors (Lipinski definition) is 2. The van der Waals surface area contributed by atoms with Gasteiger partial charge in [-0.2, -0.15) is 4.98 Å². The number of aromatic nitrogens is 2. The minimum atomic E-state index is 0.283. The van der Waals surface area contributed by atoms with E-state index in [0.717, 1.165) is 36.3 Å². The Hall–Kier alpha value is -0.880. The van der Waals surface area contributed by atoms with Crippen molar-refractivity contribution >= 4 is 27.7 Å². The van der Waals surface area contributed by atoms with E-state index in [2.05, 4.69) is 38.1 Å². The Morgan fingerprint density at radius 3 is 3.24 bits per heavy atom. The first-order valence-corrected chi connectivity index (χ1v) is 6.63. The zero-order valence-corrected chi connectivity index (χ0v) is 11.4. The lowest BCUT2D eigenvalue weighted by Gasteiger charge is -2.17. The van der Waals surface area contributed by atoms with E-state index in [1.807, 2.05) is 0 Å². The lowest BCUT2D eigenvalue weighted by atomic mass is 10.00. The summed E-state index contributed by atoms with van der Waals surface area (Å²) in [7, 11) is 0. The van der Waals surface area contributed by atoms with Crippen LogP contribution in [-0.2, 0) is 4.74 Å². The number of ether oxygens (including phenoxy) is 1. The second-order valence-electron chi connectivity index (χ2n) is 4.17. The molecule has 1 aliphatic heterocycles. The van der Waals surface area contributed by atoms with E-state index in [1.54, 1.807) is 6.20 Å². The summed E-state index contributed by atoms with van der Waals surface area (Å²) in [6, 6.07) is 0. The first kappa shape index (κ1) is 12.6. The van der Waals surface area contributed by atoms with Gasteiger partial charge in [-0.25, -0.2) is 4.98 Å². The van der Waals surface area contributed by atoms with Crippen molar-refractivity contribution in [1.82, 2.24) is 9.97 Å². The number of halogens is 1. The van der Waals surface area contributed by atoms with Crippen LogP contribution in [0.1, 0.15) is 19.8 Å². The van der Waals surface area contributed by atoms with Crippen molar-refractivity contribution in [3.8, 4) is 0 Å². The average Bonchev–Trinajstić information content (AvgIpc) is 2.77. The highest BCUT2D eigenvalue weighted by Crippen LogP contribution is 2.25. The highest BCUT2D eigenvalue weighted by atomic mass is 79.9. The van der Waals surface area contributed by atoms with E-state index in [9.17, 15) is 0 Å². The van der Waals surface area contributed by atoms with Crippen LogP contribution in [0.15, 0.2) is 10.7 Å². The molecule has 1 aromatic rings. The monoisotopic (exact) mass is 300 g/mol. The van der Waals surface area contributed by atoms with Crippen LogP contribution in [0.3, 0.4) is 0 Å². The van der Waals surface area contributed by atoms with Crippen LogP contribution in [-0.4, -0.2) is 29.2 Å². The van der Waals surface area contributed by atoms with Crippen LogP contribution in [0.25, 0.3) is 0 Å². The maximum absolute atomic E-state index is 5.65. The third-order valence-corrected chi connectivity index (χ3v) is 3.62. The molecule has 0 spiro atoms. The van der Waals surface area contributed by atoms with Gasteiger partial charge in [-0.1, -0.05) is 6.92 Å². The summed E-state index contributed by atoms with van der Waals surface area (Å²) in [4.78, 5) is 8.06. The van der Waals surface area contributed by atoms with E-state index in [4.69, 9.17) is 10.5 Å². The molecule has 0 bridgehead atoms. The molecule has 1 saturated heterocycles. The number of nitrogens with two attached hydrogens (primary N) is 1. The fourth-order valence-electron chi connectivity index (χ4n) is 2.11. The minimum absolute atomic E-state index is 0.283. The van der Waals surface area contributed by atoms with Gasteiger partial charge >= 0.3 is 0 Å². The molecular weight excluding hydrogens is 284 g/mol. The van der Waals surface area contributed by atoms with Gasteiger partial charge in [0.2, 0.25) is 5.95 Å². The summed E-state index contributed by atoms with van der Waals surface area (Å²) in [6.07, 6.45) is 4.18. The second-order valence-corrected chi connectivity index (χ2v) is 5.03. The van der Waals surface area contributed by atoms with E-state index in [-0.39, 0.29) is 5.95 Å². The molecule has 0 saturated carbocycles. The van der Waals surface area contributed by atoms with E-state index in [1.165, 1.54) is 0 Å². The van der Waals surface area contributed by atoms with Crippen LogP contribution in [0, 0.1) is 5.92 Å². The van der Waals surface area contributed by atoms with Gasteiger partial charge in [0.1, 0.15) is 5.82 Å². The van der Waals surface area contributed by atoms with Gasteiger partial charge in [-0.3, -0.25) is 0 Å². The number of anilines is 2. The maximum atomic E-state index is 5.65. The quantitative estimate of drug-likeness (QED) is 0.890. The summed E-state index contributed by atoms with van der Waals surface area (Å²) < 4.78 is 6.48. The second kappa shape index (κ2) is 5.64. The SMILES string of the molecule is CCC1OCCC1CNc1nc(N)ncc1Br. The van der Waals surface area contributed by atoms with Gasteiger partial charge in [0.05, 0.1) is 10.6 Å². The molecule has 3 N–H and O–H groups in total. The minimum Gasteiger partial charge on any atom is -0.378 e. The van der Waals surface area contributed by atoms with Crippen LogP contribution >= 0.6 is 15.9 Å². The van der Waals surface area contributed by atoms with Crippen molar-refractivity contribution in [1.29, 1.82) is 0 Å². The van der Waals surface area contributed by atoms with E-state index < -0.39 is 0 Å². The number of nitrogen functional groups attached to an aromatic ring is 1. The van der Waals surface area contributed by atoms with Crippen molar-refractivity contribution in [2.24, 2.45) is 5.92 Å². The lowest BCUT2D eigenvalue weighted by Crippen LogP contribution is -2.23. The predicted octanol–water partition coefficient (Wildman–Crippen LogP) is 2.05. The summed E-state index contributed by atoms with van der Waals surface area (Å²) >= 11 is 3.40. The number of nitrogens with zero attached hydrogens (tertiary/aromatic N) is 2. The Kier molecular flexibility index (Phi) is 4.17. The topological polar surface area (TPSA) is 73.1 Å². The summed E-state index contributed by atoms with van der Waals surface area (Å²) in [5.41, 5.74) is 5.56. The van der Waals surface area contributed by atoms with Crippen molar-refractivity contribution in [2.45, 2.75) is 25.9 Å². The smallest absolute Gasteiger partial charge is 0.221 e. The van der Waals surface area contributed by atoms with E-state index >= 15 is 0 Å². The predicted molar refractivity (Wildman–Crippen MR) is 70.8 cm³/mol. The third-order valence-electron chi connectivity index (χ3n) is 3.04. The molecule has 2 atom stereocenters. The fraction of sp³-hybridized carbons (Fsp3) is 0.636. The molecule has 2 rings (SSSR count). The molecule has 0 amide bonds. The fourth-order valence-corrected chi connectivity index (χ4v) is 2.44. The molecule has 1 fully saturated rings. The Balaban J connectivity index is 1.95. The molecule has 2 unspecified atom stereocenters. The summed E-state index contributed by atoms with van der Waals surface area (Å²) in [5, 5.41) is 3.30. The first-order chi connectivity index (χ1) is 8.20. The molecule has 1 aromatic heterocycles. The molecular formula is C11H17BrN4O. The molecule has 2 heterocycles. The normalized spacial score (nSPS) is 23.9. The van der Waals surface area contributed by atoms with Crippen LogP contribution in [0.5, 0.6) is 0 Å². The summed E-state index contributed by atoms with van der Waals surface area (Å²) in [5.74, 6) is 1.58. The van der Waals surface area contributed by atoms with E-state index in [0.29, 0.717) is 12.0 Å². The van der Waals surface area contributed by atoms with Gasteiger partial charge in [-0.15, -0.1) is 0 Å². The Morgan fingerprint density at radius 2 is 2.47 bits per heavy atom. The maximum Gasteiger partial charge on any atom is 0.221 e. The Bertz CT molecular complexity index is 388. The molecule has 6 heteroatoms. The van der Waals surface area contributed by atoms with Crippen LogP contribution in [0.2, 0.25) is 0 Å². The van der Waals surface area contributed by atoms with Gasteiger partial charge in [0, 0.05) is 25.3 Å². The first-order valence-electron chi connectivity index (χ1n) is 5.84. The van der Waals surface area contributed by atoms with Crippen molar-refractivity contribution < 1.29 is 4.74 Å². The Labute approximate surface area is 109 Å². The van der Waals surface area contributed by atoms with Gasteiger partial charge in [0.25, 0.3) is 0 Å². The highest BCUT2D eigenvalue weighted by Gasteiger charge is 2.26. The summed E-state index contributed by atoms with van der Waals surface area (Å²) in [6.45, 7) is 3.87. The molecule has 0 aromatic carbocycles. The number of nitrogens with one attached hydrogen (secondary N) is 1. The molecule has 0 radical (unpaired) electrons. The van der Waals surface area contributed by atoms with Crippen LogP contribution in [0.4, 0.5) is 11.8 Å². The van der Waals surface area contributed by atoms with Crippen molar-refractivity contribution in [3.05, 3.63) is 10.7 Å². The molecule has 17 heavy (non-hydrogen) atoms. The van der Waals surface area contributed by atoms with Crippen LogP contribution < -0.4 is 11.1 Å². The average molecular weight is 301 g/mol. The van der Waals surface area contributed by atoms with Gasteiger partial charge < -0.3 is 15.8 Å². The zero-order valence-electron chi connectivity index (χ0n) is 9.82. The van der Waals surface area contributed by atoms with Gasteiger partial charge in [0.15, 0.2) is 0 Å². The van der Waals surface area contributed by atoms with Crippen molar-refractivity contribution in [3.63, 3.8) is 0 Å².